The molecule has 0 fully saturated rings. The van der Waals surface area contributed by atoms with Crippen LogP contribution >= 0.6 is 0 Å². The van der Waals surface area contributed by atoms with Gasteiger partial charge in [-0.05, 0) is 43.0 Å². The molecule has 0 radical (unpaired) electrons. The molecule has 0 aliphatic carbocycles. The van der Waals surface area contributed by atoms with Gasteiger partial charge in [0.25, 0.3) is 0 Å². The third-order valence-corrected chi connectivity index (χ3v) is 5.15. The van der Waals surface area contributed by atoms with Crippen LogP contribution in [-0.4, -0.2) is 50.0 Å². The van der Waals surface area contributed by atoms with Crippen molar-refractivity contribution in [2.75, 3.05) is 25.9 Å². The van der Waals surface area contributed by atoms with Gasteiger partial charge in [0.05, 0.1) is 4.90 Å². The summed E-state index contributed by atoms with van der Waals surface area (Å²) in [7, 11) is -3.15. The zero-order valence-corrected chi connectivity index (χ0v) is 17.0. The van der Waals surface area contributed by atoms with Gasteiger partial charge in [-0.1, -0.05) is 19.1 Å². The molecular formula is C19H29N5O2S. The fourth-order valence-corrected chi connectivity index (χ4v) is 3.23. The molecule has 2 N–H and O–H groups in total. The van der Waals surface area contributed by atoms with Gasteiger partial charge in [-0.25, -0.2) is 8.42 Å². The summed E-state index contributed by atoms with van der Waals surface area (Å²) in [5, 5.41) is 10.8. The van der Waals surface area contributed by atoms with Crippen LogP contribution in [0.2, 0.25) is 0 Å². The highest BCUT2D eigenvalue weighted by atomic mass is 32.2. The van der Waals surface area contributed by atoms with E-state index in [1.807, 2.05) is 36.0 Å². The minimum atomic E-state index is -3.15. The molecule has 1 unspecified atom stereocenters. The Labute approximate surface area is 161 Å². The molecule has 7 nitrogen and oxygen atoms in total. The molecule has 148 valence electrons. The second kappa shape index (κ2) is 10.1. The fraction of sp³-hybridized carbons (Fsp3) is 0.474. The van der Waals surface area contributed by atoms with E-state index in [0.717, 1.165) is 37.6 Å². The van der Waals surface area contributed by atoms with E-state index in [4.69, 9.17) is 0 Å². The Balaban J connectivity index is 1.82. The first-order valence-corrected chi connectivity index (χ1v) is 11.1. The first kappa shape index (κ1) is 21.0. The van der Waals surface area contributed by atoms with Gasteiger partial charge in [0.2, 0.25) is 0 Å². The molecular weight excluding hydrogens is 362 g/mol. The van der Waals surface area contributed by atoms with E-state index in [1.165, 1.54) is 6.26 Å². The van der Waals surface area contributed by atoms with Crippen molar-refractivity contribution in [2.45, 2.75) is 31.7 Å². The molecule has 1 aromatic carbocycles. The number of aromatic nitrogens is 2. The van der Waals surface area contributed by atoms with Gasteiger partial charge >= 0.3 is 0 Å². The lowest BCUT2D eigenvalue weighted by molar-refractivity contribution is 0.458. The summed E-state index contributed by atoms with van der Waals surface area (Å²) in [4.78, 5) is 4.99. The maximum atomic E-state index is 11.5. The standard InChI is InChI=1S/C19H29N5O2S/c1-4-20-19(22-14-16(2)15-24-13-5-11-23-24)21-12-10-17-6-8-18(9-7-17)27(3,25)26/h5-9,11,13,16H,4,10,12,14-15H2,1-3H3,(H2,20,21,22). The molecule has 27 heavy (non-hydrogen) atoms. The number of hydrogen-bond acceptors (Lipinski definition) is 4. The number of benzene rings is 1. The first-order chi connectivity index (χ1) is 12.9. The Morgan fingerprint density at radius 2 is 2.00 bits per heavy atom. The minimum Gasteiger partial charge on any atom is -0.357 e. The van der Waals surface area contributed by atoms with Gasteiger partial charge < -0.3 is 10.6 Å². The molecule has 1 atom stereocenters. The third-order valence-electron chi connectivity index (χ3n) is 4.02. The number of sulfone groups is 1. The lowest BCUT2D eigenvalue weighted by Gasteiger charge is -2.14. The Bertz CT molecular complexity index is 814. The molecule has 2 rings (SSSR count). The summed E-state index contributed by atoms with van der Waals surface area (Å²) < 4.78 is 24.9. The summed E-state index contributed by atoms with van der Waals surface area (Å²) in [5.41, 5.74) is 1.08. The second-order valence-electron chi connectivity index (χ2n) is 6.65. The molecule has 0 spiro atoms. The van der Waals surface area contributed by atoms with Gasteiger partial charge in [-0.2, -0.15) is 5.10 Å². The van der Waals surface area contributed by atoms with E-state index in [2.05, 4.69) is 27.6 Å². The van der Waals surface area contributed by atoms with Crippen LogP contribution in [0.3, 0.4) is 0 Å². The summed E-state index contributed by atoms with van der Waals surface area (Å²) in [6, 6.07) is 8.94. The van der Waals surface area contributed by atoms with Gasteiger partial charge in [-0.15, -0.1) is 0 Å². The Hall–Kier alpha value is -2.35. The van der Waals surface area contributed by atoms with Crippen LogP contribution in [0.25, 0.3) is 0 Å². The Morgan fingerprint density at radius 1 is 1.26 bits per heavy atom. The Morgan fingerprint density at radius 3 is 2.59 bits per heavy atom. The number of nitrogens with one attached hydrogen (secondary N) is 2. The van der Waals surface area contributed by atoms with Crippen molar-refractivity contribution in [3.05, 3.63) is 48.3 Å². The molecule has 8 heteroatoms. The smallest absolute Gasteiger partial charge is 0.191 e. The fourth-order valence-electron chi connectivity index (χ4n) is 2.60. The number of hydrogen-bond donors (Lipinski definition) is 2. The maximum Gasteiger partial charge on any atom is 0.191 e. The van der Waals surface area contributed by atoms with Crippen molar-refractivity contribution >= 4 is 15.8 Å². The van der Waals surface area contributed by atoms with Crippen LogP contribution in [0.5, 0.6) is 0 Å². The largest absolute Gasteiger partial charge is 0.357 e. The molecule has 1 heterocycles. The number of guanidine groups is 1. The molecule has 0 aliphatic heterocycles. The van der Waals surface area contributed by atoms with Gasteiger partial charge in [-0.3, -0.25) is 9.67 Å². The van der Waals surface area contributed by atoms with E-state index < -0.39 is 9.84 Å². The zero-order chi connectivity index (χ0) is 19.7. The van der Waals surface area contributed by atoms with E-state index in [-0.39, 0.29) is 0 Å². The SMILES string of the molecule is CCNC(=NCC(C)Cn1cccn1)NCCc1ccc(S(C)(=O)=O)cc1. The predicted octanol–water partition coefficient (Wildman–Crippen LogP) is 1.72. The highest BCUT2D eigenvalue weighted by Crippen LogP contribution is 2.10. The van der Waals surface area contributed by atoms with Crippen molar-refractivity contribution < 1.29 is 8.42 Å². The van der Waals surface area contributed by atoms with Crippen LogP contribution in [0.1, 0.15) is 19.4 Å². The quantitative estimate of drug-likeness (QED) is 0.502. The first-order valence-electron chi connectivity index (χ1n) is 9.17. The Kier molecular flexibility index (Phi) is 7.84. The number of rotatable bonds is 9. The lowest BCUT2D eigenvalue weighted by Crippen LogP contribution is -2.38. The summed E-state index contributed by atoms with van der Waals surface area (Å²) in [6.45, 7) is 7.24. The van der Waals surface area contributed by atoms with Gasteiger partial charge in [0, 0.05) is 44.8 Å². The zero-order valence-electron chi connectivity index (χ0n) is 16.2. The van der Waals surface area contributed by atoms with Crippen LogP contribution < -0.4 is 10.6 Å². The molecule has 0 aliphatic rings. The summed E-state index contributed by atoms with van der Waals surface area (Å²) >= 11 is 0. The highest BCUT2D eigenvalue weighted by molar-refractivity contribution is 7.90. The van der Waals surface area contributed by atoms with Crippen molar-refractivity contribution in [3.8, 4) is 0 Å². The molecule has 2 aromatic rings. The van der Waals surface area contributed by atoms with Gasteiger partial charge in [0.15, 0.2) is 15.8 Å². The molecule has 0 saturated carbocycles. The monoisotopic (exact) mass is 391 g/mol. The number of nitrogens with zero attached hydrogens (tertiary/aromatic N) is 3. The van der Waals surface area contributed by atoms with Crippen molar-refractivity contribution in [2.24, 2.45) is 10.9 Å². The van der Waals surface area contributed by atoms with E-state index in [0.29, 0.717) is 17.4 Å². The third kappa shape index (κ3) is 7.42. The van der Waals surface area contributed by atoms with Crippen LogP contribution in [-0.2, 0) is 22.8 Å². The van der Waals surface area contributed by atoms with E-state index in [9.17, 15) is 8.42 Å². The average molecular weight is 392 g/mol. The molecule has 1 aromatic heterocycles. The normalized spacial score (nSPS) is 13.4. The van der Waals surface area contributed by atoms with E-state index >= 15 is 0 Å². The molecule has 0 amide bonds. The summed E-state index contributed by atoms with van der Waals surface area (Å²) in [6.07, 6.45) is 5.75. The highest BCUT2D eigenvalue weighted by Gasteiger charge is 2.07. The lowest BCUT2D eigenvalue weighted by atomic mass is 10.1. The van der Waals surface area contributed by atoms with Crippen LogP contribution in [0.4, 0.5) is 0 Å². The number of aliphatic imine (C=N–C) groups is 1. The van der Waals surface area contributed by atoms with Crippen molar-refractivity contribution in [3.63, 3.8) is 0 Å². The molecule has 0 bridgehead atoms. The second-order valence-corrected chi connectivity index (χ2v) is 8.66. The van der Waals surface area contributed by atoms with Gasteiger partial charge in [0.1, 0.15) is 0 Å². The van der Waals surface area contributed by atoms with E-state index in [1.54, 1.807) is 18.3 Å². The topological polar surface area (TPSA) is 88.4 Å². The van der Waals surface area contributed by atoms with Crippen LogP contribution in [0, 0.1) is 5.92 Å². The maximum absolute atomic E-state index is 11.5. The molecule has 0 saturated heterocycles. The summed E-state index contributed by atoms with van der Waals surface area (Å²) in [5.74, 6) is 1.17. The predicted molar refractivity (Wildman–Crippen MR) is 109 cm³/mol. The average Bonchev–Trinajstić information content (AvgIpc) is 3.12. The van der Waals surface area contributed by atoms with Crippen LogP contribution in [0.15, 0.2) is 52.6 Å². The van der Waals surface area contributed by atoms with Crippen molar-refractivity contribution in [1.82, 2.24) is 20.4 Å². The minimum absolute atomic E-state index is 0.347. The van der Waals surface area contributed by atoms with Crippen molar-refractivity contribution in [1.29, 1.82) is 0 Å².